The van der Waals surface area contributed by atoms with Gasteiger partial charge in [0.1, 0.15) is 0 Å². The molecule has 0 amide bonds. The normalized spacial score (nSPS) is 14.3. The van der Waals surface area contributed by atoms with E-state index in [0.29, 0.717) is 6.61 Å². The van der Waals surface area contributed by atoms with Gasteiger partial charge in [-0.05, 0) is 13.3 Å². The summed E-state index contributed by atoms with van der Waals surface area (Å²) >= 11 is 0. The number of aliphatic hydroxyl groups is 2. The second-order valence-electron chi connectivity index (χ2n) is 3.74. The van der Waals surface area contributed by atoms with E-state index in [1.807, 2.05) is 0 Å². The second-order valence-corrected chi connectivity index (χ2v) is 3.74. The van der Waals surface area contributed by atoms with Gasteiger partial charge in [-0.3, -0.25) is 4.90 Å². The van der Waals surface area contributed by atoms with Crippen molar-refractivity contribution >= 4 is 0 Å². The van der Waals surface area contributed by atoms with Crippen LogP contribution in [-0.2, 0) is 4.74 Å². The second kappa shape index (κ2) is 8.68. The summed E-state index contributed by atoms with van der Waals surface area (Å²) in [5.41, 5.74) is 0. The number of hydrogen-bond acceptors (Lipinski definition) is 4. The smallest absolute Gasteiger partial charge is 0.396 e. The number of ether oxygens (including phenoxy) is 1. The van der Waals surface area contributed by atoms with E-state index in [0.717, 1.165) is 4.90 Å². The Morgan fingerprint density at radius 2 is 2.00 bits per heavy atom. The topological polar surface area (TPSA) is 52.9 Å². The largest absolute Gasteiger partial charge is 0.401 e. The Hall–Kier alpha value is -0.370. The van der Waals surface area contributed by atoms with Crippen LogP contribution in [0.25, 0.3) is 0 Å². The molecule has 0 aliphatic carbocycles. The fraction of sp³-hybridized carbons (Fsp3) is 1.00. The summed E-state index contributed by atoms with van der Waals surface area (Å²) in [4.78, 5) is 1.07. The average molecular weight is 259 g/mol. The number of rotatable bonds is 9. The van der Waals surface area contributed by atoms with Crippen molar-refractivity contribution in [3.8, 4) is 0 Å². The van der Waals surface area contributed by atoms with E-state index in [9.17, 15) is 18.3 Å². The van der Waals surface area contributed by atoms with Gasteiger partial charge >= 0.3 is 6.18 Å². The fourth-order valence-electron chi connectivity index (χ4n) is 1.39. The highest BCUT2D eigenvalue weighted by atomic mass is 19.4. The van der Waals surface area contributed by atoms with Gasteiger partial charge in [-0.25, -0.2) is 0 Å². The van der Waals surface area contributed by atoms with Crippen LogP contribution in [0.4, 0.5) is 13.2 Å². The van der Waals surface area contributed by atoms with Crippen LogP contribution in [0, 0.1) is 0 Å². The van der Waals surface area contributed by atoms with Crippen molar-refractivity contribution in [2.24, 2.45) is 0 Å². The van der Waals surface area contributed by atoms with Gasteiger partial charge in [0.05, 0.1) is 19.3 Å². The molecule has 1 atom stereocenters. The zero-order valence-electron chi connectivity index (χ0n) is 9.91. The Labute approximate surface area is 99.0 Å². The molecule has 1 unspecified atom stereocenters. The molecule has 4 nitrogen and oxygen atoms in total. The molecule has 17 heavy (non-hydrogen) atoms. The first kappa shape index (κ1) is 16.6. The molecule has 0 aliphatic heterocycles. The van der Waals surface area contributed by atoms with Crippen LogP contribution in [0.15, 0.2) is 0 Å². The van der Waals surface area contributed by atoms with Crippen LogP contribution in [-0.4, -0.2) is 66.8 Å². The molecular formula is C10H20F3NO3. The number of alkyl halides is 3. The Morgan fingerprint density at radius 3 is 2.47 bits per heavy atom. The zero-order chi connectivity index (χ0) is 13.3. The summed E-state index contributed by atoms with van der Waals surface area (Å²) in [7, 11) is 0. The van der Waals surface area contributed by atoms with E-state index in [4.69, 9.17) is 9.84 Å². The van der Waals surface area contributed by atoms with Crippen LogP contribution in [0.1, 0.15) is 13.3 Å². The Balaban J connectivity index is 4.08. The Kier molecular flexibility index (Phi) is 8.49. The van der Waals surface area contributed by atoms with Crippen molar-refractivity contribution in [3.05, 3.63) is 0 Å². The van der Waals surface area contributed by atoms with Crippen molar-refractivity contribution in [2.75, 3.05) is 39.5 Å². The van der Waals surface area contributed by atoms with Crippen molar-refractivity contribution in [1.29, 1.82) is 0 Å². The number of halogens is 3. The third-order valence-corrected chi connectivity index (χ3v) is 2.02. The van der Waals surface area contributed by atoms with Gasteiger partial charge in [0.25, 0.3) is 0 Å². The Bertz CT molecular complexity index is 190. The summed E-state index contributed by atoms with van der Waals surface area (Å²) in [6, 6.07) is 0. The van der Waals surface area contributed by atoms with Gasteiger partial charge in [-0.15, -0.1) is 0 Å². The predicted octanol–water partition coefficient (Wildman–Crippen LogP) is 0.631. The molecule has 0 saturated carbocycles. The van der Waals surface area contributed by atoms with Crippen molar-refractivity contribution in [1.82, 2.24) is 4.90 Å². The molecule has 0 spiro atoms. The van der Waals surface area contributed by atoms with E-state index in [2.05, 4.69) is 0 Å². The minimum absolute atomic E-state index is 0.0178. The maximum Gasteiger partial charge on any atom is 0.401 e. The predicted molar refractivity (Wildman–Crippen MR) is 56.7 cm³/mol. The maximum atomic E-state index is 12.2. The van der Waals surface area contributed by atoms with E-state index in [-0.39, 0.29) is 32.7 Å². The van der Waals surface area contributed by atoms with Crippen molar-refractivity contribution in [3.63, 3.8) is 0 Å². The van der Waals surface area contributed by atoms with Crippen molar-refractivity contribution in [2.45, 2.75) is 25.6 Å². The molecular weight excluding hydrogens is 239 g/mol. The van der Waals surface area contributed by atoms with Crippen LogP contribution in [0.2, 0.25) is 0 Å². The number of aliphatic hydroxyl groups excluding tert-OH is 2. The van der Waals surface area contributed by atoms with Gasteiger partial charge in [-0.2, -0.15) is 13.2 Å². The molecule has 104 valence electrons. The fourth-order valence-corrected chi connectivity index (χ4v) is 1.39. The van der Waals surface area contributed by atoms with Crippen LogP contribution >= 0.6 is 0 Å². The standard InChI is InChI=1S/C10H20F3NO3/c1-2-17-7-9(16)6-14(4-3-5-15)8-10(11,12)13/h9,15-16H,2-8H2,1H3. The van der Waals surface area contributed by atoms with Crippen LogP contribution in [0.5, 0.6) is 0 Å². The molecule has 0 aromatic heterocycles. The molecule has 0 aliphatic rings. The van der Waals surface area contributed by atoms with E-state index >= 15 is 0 Å². The van der Waals surface area contributed by atoms with Gasteiger partial charge in [0.15, 0.2) is 0 Å². The minimum atomic E-state index is -4.30. The molecule has 0 saturated heterocycles. The number of hydrogen-bond donors (Lipinski definition) is 2. The molecule has 0 radical (unpaired) electrons. The third kappa shape index (κ3) is 10.5. The first-order valence-corrected chi connectivity index (χ1v) is 5.54. The van der Waals surface area contributed by atoms with E-state index in [1.165, 1.54) is 0 Å². The molecule has 0 heterocycles. The SMILES string of the molecule is CCOCC(O)CN(CCCO)CC(F)(F)F. The molecule has 2 N–H and O–H groups in total. The highest BCUT2D eigenvalue weighted by Gasteiger charge is 2.31. The molecule has 0 aromatic carbocycles. The summed E-state index contributed by atoms with van der Waals surface area (Å²) in [6.45, 7) is 0.897. The first-order valence-electron chi connectivity index (χ1n) is 5.54. The maximum absolute atomic E-state index is 12.2. The van der Waals surface area contributed by atoms with E-state index in [1.54, 1.807) is 6.92 Å². The van der Waals surface area contributed by atoms with Gasteiger partial charge < -0.3 is 14.9 Å². The molecule has 0 aromatic rings. The van der Waals surface area contributed by atoms with Crippen molar-refractivity contribution < 1.29 is 28.1 Å². The quantitative estimate of drug-likeness (QED) is 0.638. The summed E-state index contributed by atoms with van der Waals surface area (Å²) < 4.78 is 41.6. The molecule has 0 rings (SSSR count). The lowest BCUT2D eigenvalue weighted by Gasteiger charge is -2.25. The van der Waals surface area contributed by atoms with Crippen LogP contribution in [0.3, 0.4) is 0 Å². The zero-order valence-corrected chi connectivity index (χ0v) is 9.91. The summed E-state index contributed by atoms with van der Waals surface area (Å²) in [5.74, 6) is 0. The number of nitrogens with zero attached hydrogens (tertiary/aromatic N) is 1. The Morgan fingerprint density at radius 1 is 1.35 bits per heavy atom. The molecule has 0 bridgehead atoms. The van der Waals surface area contributed by atoms with E-state index < -0.39 is 18.8 Å². The molecule has 0 fully saturated rings. The molecule has 7 heteroatoms. The van der Waals surface area contributed by atoms with Gasteiger partial charge in [-0.1, -0.05) is 0 Å². The highest BCUT2D eigenvalue weighted by molar-refractivity contribution is 4.68. The minimum Gasteiger partial charge on any atom is -0.396 e. The lowest BCUT2D eigenvalue weighted by Crippen LogP contribution is -2.41. The highest BCUT2D eigenvalue weighted by Crippen LogP contribution is 2.16. The average Bonchev–Trinajstić information content (AvgIpc) is 2.21. The lowest BCUT2D eigenvalue weighted by molar-refractivity contribution is -0.149. The summed E-state index contributed by atoms with van der Waals surface area (Å²) in [6.07, 6.45) is -5.01. The van der Waals surface area contributed by atoms with Gasteiger partial charge in [0.2, 0.25) is 0 Å². The monoisotopic (exact) mass is 259 g/mol. The van der Waals surface area contributed by atoms with Crippen LogP contribution < -0.4 is 0 Å². The third-order valence-electron chi connectivity index (χ3n) is 2.02. The van der Waals surface area contributed by atoms with Gasteiger partial charge in [0, 0.05) is 26.3 Å². The summed E-state index contributed by atoms with van der Waals surface area (Å²) in [5, 5.41) is 18.0. The lowest BCUT2D eigenvalue weighted by atomic mass is 10.3. The first-order chi connectivity index (χ1) is 7.89.